The molecular weight excluding hydrogens is 418 g/mol. The first-order valence-electron chi connectivity index (χ1n) is 11.0. The Labute approximate surface area is 192 Å². The molecule has 33 heavy (non-hydrogen) atoms. The van der Waals surface area contributed by atoms with Crippen LogP contribution in [0.15, 0.2) is 58.0 Å². The summed E-state index contributed by atoms with van der Waals surface area (Å²) in [6.07, 6.45) is 2.23. The van der Waals surface area contributed by atoms with E-state index in [2.05, 4.69) is 15.8 Å². The number of ether oxygens (including phenoxy) is 1. The Morgan fingerprint density at radius 2 is 1.85 bits per heavy atom. The van der Waals surface area contributed by atoms with Gasteiger partial charge in [-0.2, -0.15) is 5.10 Å². The van der Waals surface area contributed by atoms with Crippen molar-refractivity contribution in [2.75, 3.05) is 11.9 Å². The van der Waals surface area contributed by atoms with Crippen molar-refractivity contribution >= 4 is 23.2 Å². The number of amides is 2. The molecule has 7 nitrogen and oxygen atoms in total. The Balaban J connectivity index is 1.48. The molecule has 1 aliphatic rings. The molecule has 4 rings (SSSR count). The van der Waals surface area contributed by atoms with Gasteiger partial charge in [-0.3, -0.25) is 9.59 Å². The van der Waals surface area contributed by atoms with Gasteiger partial charge in [0, 0.05) is 23.2 Å². The molecule has 1 aromatic heterocycles. The van der Waals surface area contributed by atoms with Crippen molar-refractivity contribution < 1.29 is 18.7 Å². The molecule has 1 heterocycles. The normalized spacial score (nSPS) is 14.0. The lowest BCUT2D eigenvalue weighted by Crippen LogP contribution is -2.27. The first-order chi connectivity index (χ1) is 15.9. The molecule has 2 N–H and O–H groups in total. The molecule has 0 radical (unpaired) electrons. The van der Waals surface area contributed by atoms with Crippen LogP contribution in [0.25, 0.3) is 0 Å². The highest BCUT2D eigenvalue weighted by atomic mass is 16.5. The summed E-state index contributed by atoms with van der Waals surface area (Å²) in [4.78, 5) is 25.2. The van der Waals surface area contributed by atoms with Gasteiger partial charge in [0.05, 0.1) is 5.71 Å². The molecule has 0 atom stereocenters. The molecule has 0 unspecified atom stereocenters. The number of aryl methyl sites for hydroxylation is 3. The van der Waals surface area contributed by atoms with Crippen LogP contribution in [-0.2, 0) is 11.2 Å². The molecule has 7 heteroatoms. The Kier molecular flexibility index (Phi) is 6.58. The van der Waals surface area contributed by atoms with Crippen LogP contribution in [0.4, 0.5) is 5.69 Å². The first kappa shape index (κ1) is 22.3. The van der Waals surface area contributed by atoms with E-state index >= 15 is 0 Å². The molecule has 2 aromatic carbocycles. The average Bonchev–Trinajstić information content (AvgIpc) is 3.16. The lowest BCUT2D eigenvalue weighted by Gasteiger charge is -2.13. The number of nitrogens with zero attached hydrogens (tertiary/aromatic N) is 1. The van der Waals surface area contributed by atoms with E-state index < -0.39 is 0 Å². The van der Waals surface area contributed by atoms with Gasteiger partial charge in [-0.25, -0.2) is 5.43 Å². The summed E-state index contributed by atoms with van der Waals surface area (Å²) in [7, 11) is 0. The standard InChI is InChI=1S/C26H27N3O4/c1-16-12-13-17(2)21(14-16)27-26(31)25-18(3)24-20(10-7-11-22(24)33-25)28-29-23(30)15-32-19-8-5-4-6-9-19/h4-6,8-9,12-14H,7,10-11,15H2,1-3H3,(H,27,31)(H,29,30)/b28-20+. The van der Waals surface area contributed by atoms with Crippen LogP contribution in [0.5, 0.6) is 5.75 Å². The molecule has 2 amide bonds. The highest BCUT2D eigenvalue weighted by molar-refractivity contribution is 6.09. The zero-order chi connectivity index (χ0) is 23.4. The molecular formula is C26H27N3O4. The van der Waals surface area contributed by atoms with Crippen LogP contribution in [0.2, 0.25) is 0 Å². The number of benzene rings is 2. The maximum absolute atomic E-state index is 13.0. The minimum atomic E-state index is -0.354. The van der Waals surface area contributed by atoms with E-state index in [0.717, 1.165) is 46.5 Å². The minimum absolute atomic E-state index is 0.137. The zero-order valence-electron chi connectivity index (χ0n) is 19.0. The zero-order valence-corrected chi connectivity index (χ0v) is 19.0. The maximum Gasteiger partial charge on any atom is 0.291 e. The highest BCUT2D eigenvalue weighted by Gasteiger charge is 2.28. The third kappa shape index (κ3) is 5.14. The van der Waals surface area contributed by atoms with E-state index in [1.807, 2.05) is 57.2 Å². The average molecular weight is 446 g/mol. The van der Waals surface area contributed by atoms with Crippen LogP contribution in [0.1, 0.15) is 51.4 Å². The molecule has 0 spiro atoms. The molecule has 0 aliphatic heterocycles. The van der Waals surface area contributed by atoms with Crippen molar-refractivity contribution in [1.29, 1.82) is 0 Å². The summed E-state index contributed by atoms with van der Waals surface area (Å²) in [5.41, 5.74) is 7.59. The van der Waals surface area contributed by atoms with Crippen LogP contribution in [0.3, 0.4) is 0 Å². The Morgan fingerprint density at radius 1 is 1.06 bits per heavy atom. The number of hydrazone groups is 1. The number of furan rings is 1. The number of hydrogen-bond donors (Lipinski definition) is 2. The van der Waals surface area contributed by atoms with Crippen molar-refractivity contribution in [3.8, 4) is 5.75 Å². The summed E-state index contributed by atoms with van der Waals surface area (Å²) >= 11 is 0. The summed E-state index contributed by atoms with van der Waals surface area (Å²) < 4.78 is 11.4. The minimum Gasteiger partial charge on any atom is -0.484 e. The summed E-state index contributed by atoms with van der Waals surface area (Å²) in [6.45, 7) is 5.64. The topological polar surface area (TPSA) is 92.9 Å². The number of carbonyl (C=O) groups is 2. The second-order valence-corrected chi connectivity index (χ2v) is 8.18. The Bertz CT molecular complexity index is 1210. The van der Waals surface area contributed by atoms with E-state index in [1.54, 1.807) is 12.1 Å². The number of fused-ring (bicyclic) bond motifs is 1. The van der Waals surface area contributed by atoms with Crippen LogP contribution >= 0.6 is 0 Å². The second-order valence-electron chi connectivity index (χ2n) is 8.18. The van der Waals surface area contributed by atoms with E-state index in [0.29, 0.717) is 17.9 Å². The summed E-state index contributed by atoms with van der Waals surface area (Å²) in [6, 6.07) is 15.0. The smallest absolute Gasteiger partial charge is 0.291 e. The maximum atomic E-state index is 13.0. The summed E-state index contributed by atoms with van der Waals surface area (Å²) in [5, 5.41) is 7.28. The molecule has 1 aliphatic carbocycles. The molecule has 0 saturated heterocycles. The largest absolute Gasteiger partial charge is 0.484 e. The SMILES string of the molecule is Cc1ccc(C)c(NC(=O)c2oc3c(c2C)/C(=N/NC(=O)COc2ccccc2)CCC3)c1. The Hall–Kier alpha value is -3.87. The predicted octanol–water partition coefficient (Wildman–Crippen LogP) is 4.69. The van der Waals surface area contributed by atoms with Crippen molar-refractivity contribution in [3.63, 3.8) is 0 Å². The number of hydrogen-bond acceptors (Lipinski definition) is 5. The van der Waals surface area contributed by atoms with Crippen molar-refractivity contribution in [2.45, 2.75) is 40.0 Å². The molecule has 0 saturated carbocycles. The first-order valence-corrected chi connectivity index (χ1v) is 11.0. The monoisotopic (exact) mass is 445 g/mol. The van der Waals surface area contributed by atoms with Gasteiger partial charge in [0.25, 0.3) is 11.8 Å². The molecule has 3 aromatic rings. The number of carbonyl (C=O) groups excluding carboxylic acids is 2. The van der Waals surface area contributed by atoms with Crippen molar-refractivity contribution in [2.24, 2.45) is 5.10 Å². The van der Waals surface area contributed by atoms with Gasteiger partial charge in [-0.1, -0.05) is 30.3 Å². The van der Waals surface area contributed by atoms with E-state index in [-0.39, 0.29) is 24.2 Å². The van der Waals surface area contributed by atoms with Crippen LogP contribution in [0, 0.1) is 20.8 Å². The fraction of sp³-hybridized carbons (Fsp3) is 0.269. The molecule has 170 valence electrons. The second kappa shape index (κ2) is 9.73. The number of para-hydroxylation sites is 1. The molecule has 0 bridgehead atoms. The van der Waals surface area contributed by atoms with Gasteiger partial charge in [0.1, 0.15) is 11.5 Å². The summed E-state index contributed by atoms with van der Waals surface area (Å²) in [5.74, 6) is 0.959. The lowest BCUT2D eigenvalue weighted by molar-refractivity contribution is -0.123. The van der Waals surface area contributed by atoms with Crippen LogP contribution in [-0.4, -0.2) is 24.1 Å². The van der Waals surface area contributed by atoms with Gasteiger partial charge in [0.15, 0.2) is 12.4 Å². The fourth-order valence-corrected chi connectivity index (χ4v) is 3.87. The lowest BCUT2D eigenvalue weighted by atomic mass is 9.93. The van der Waals surface area contributed by atoms with Crippen LogP contribution < -0.4 is 15.5 Å². The van der Waals surface area contributed by atoms with Gasteiger partial charge >= 0.3 is 0 Å². The third-order valence-electron chi connectivity index (χ3n) is 5.60. The third-order valence-corrected chi connectivity index (χ3v) is 5.60. The van der Waals surface area contributed by atoms with Gasteiger partial charge in [0.2, 0.25) is 0 Å². The highest BCUT2D eigenvalue weighted by Crippen LogP contribution is 2.30. The van der Waals surface area contributed by atoms with E-state index in [9.17, 15) is 9.59 Å². The number of rotatable bonds is 6. The van der Waals surface area contributed by atoms with Crippen molar-refractivity contribution in [1.82, 2.24) is 5.43 Å². The fourth-order valence-electron chi connectivity index (χ4n) is 3.87. The van der Waals surface area contributed by atoms with Gasteiger partial charge in [-0.15, -0.1) is 0 Å². The number of nitrogens with one attached hydrogen (secondary N) is 2. The van der Waals surface area contributed by atoms with Gasteiger partial charge in [-0.05, 0) is 62.9 Å². The van der Waals surface area contributed by atoms with E-state index in [1.165, 1.54) is 0 Å². The van der Waals surface area contributed by atoms with Crippen molar-refractivity contribution in [3.05, 3.63) is 82.3 Å². The number of anilines is 1. The molecule has 0 fully saturated rings. The predicted molar refractivity (Wildman–Crippen MR) is 127 cm³/mol. The van der Waals surface area contributed by atoms with E-state index in [4.69, 9.17) is 9.15 Å². The van der Waals surface area contributed by atoms with Gasteiger partial charge < -0.3 is 14.5 Å². The Morgan fingerprint density at radius 3 is 2.64 bits per heavy atom. The quantitative estimate of drug-likeness (QED) is 0.538.